The molecular weight excluding hydrogens is 200 g/mol. The zero-order chi connectivity index (χ0) is 11.3. The van der Waals surface area contributed by atoms with E-state index in [2.05, 4.69) is 10.3 Å². The fourth-order valence-electron chi connectivity index (χ4n) is 1.25. The van der Waals surface area contributed by atoms with E-state index in [1.807, 2.05) is 0 Å². The van der Waals surface area contributed by atoms with E-state index in [0.29, 0.717) is 31.8 Å². The van der Waals surface area contributed by atoms with Crippen molar-refractivity contribution in [2.75, 3.05) is 20.3 Å². The summed E-state index contributed by atoms with van der Waals surface area (Å²) in [5.74, 6) is -1.08. The molecule has 0 aliphatic heterocycles. The number of ether oxygens (including phenoxy) is 1. The van der Waals surface area contributed by atoms with Gasteiger partial charge in [0.1, 0.15) is 0 Å². The lowest BCUT2D eigenvalue weighted by Crippen LogP contribution is -2.16. The minimum absolute atomic E-state index is 0.0273. The van der Waals surface area contributed by atoms with Crippen LogP contribution in [0, 0.1) is 0 Å². The predicted octanol–water partition coefficient (Wildman–Crippen LogP) is -0.876. The first kappa shape index (κ1) is 11.6. The molecule has 7 nitrogen and oxygen atoms in total. The monoisotopic (exact) mass is 214 g/mol. The van der Waals surface area contributed by atoms with Gasteiger partial charge in [-0.1, -0.05) is 5.21 Å². The number of hydrogen-bond donors (Lipinski definition) is 2. The molecule has 0 radical (unpaired) electrons. The lowest BCUT2D eigenvalue weighted by atomic mass is 10.2. The second-order valence-corrected chi connectivity index (χ2v) is 2.94. The van der Waals surface area contributed by atoms with Crippen molar-refractivity contribution in [3.8, 4) is 0 Å². The predicted molar refractivity (Wildman–Crippen MR) is 51.6 cm³/mol. The normalized spacial score (nSPS) is 10.5. The lowest BCUT2D eigenvalue weighted by Gasteiger charge is -2.04. The maximum absolute atomic E-state index is 10.8. The first-order valence-corrected chi connectivity index (χ1v) is 4.55. The maximum Gasteiger partial charge on any atom is 0.358 e. The number of hydrogen-bond acceptors (Lipinski definition) is 5. The molecule has 1 rings (SSSR count). The molecule has 0 fully saturated rings. The van der Waals surface area contributed by atoms with Crippen LogP contribution in [0.5, 0.6) is 0 Å². The molecule has 0 bridgehead atoms. The Morgan fingerprint density at radius 2 is 2.40 bits per heavy atom. The second-order valence-electron chi connectivity index (χ2n) is 2.94. The van der Waals surface area contributed by atoms with E-state index in [0.717, 1.165) is 0 Å². The third kappa shape index (κ3) is 2.74. The summed E-state index contributed by atoms with van der Waals surface area (Å²) in [5, 5.41) is 16.2. The van der Waals surface area contributed by atoms with E-state index in [1.165, 1.54) is 4.68 Å². The number of carboxylic acids is 1. The lowest BCUT2D eigenvalue weighted by molar-refractivity contribution is 0.0688. The summed E-state index contributed by atoms with van der Waals surface area (Å²) in [4.78, 5) is 10.8. The van der Waals surface area contributed by atoms with Crippen molar-refractivity contribution in [2.24, 2.45) is 5.73 Å². The zero-order valence-corrected chi connectivity index (χ0v) is 8.51. The Morgan fingerprint density at radius 1 is 1.67 bits per heavy atom. The van der Waals surface area contributed by atoms with Crippen LogP contribution in [-0.2, 0) is 17.7 Å². The van der Waals surface area contributed by atoms with Gasteiger partial charge in [-0.15, -0.1) is 5.10 Å². The van der Waals surface area contributed by atoms with Gasteiger partial charge in [-0.2, -0.15) is 0 Å². The Bertz CT molecular complexity index is 337. The molecule has 1 aromatic rings. The van der Waals surface area contributed by atoms with Crippen LogP contribution in [0.15, 0.2) is 0 Å². The van der Waals surface area contributed by atoms with Crippen molar-refractivity contribution >= 4 is 5.97 Å². The number of nitrogens with zero attached hydrogens (tertiary/aromatic N) is 3. The van der Waals surface area contributed by atoms with E-state index in [1.54, 1.807) is 7.11 Å². The van der Waals surface area contributed by atoms with E-state index < -0.39 is 5.97 Å². The molecule has 0 unspecified atom stereocenters. The highest BCUT2D eigenvalue weighted by Gasteiger charge is 2.17. The van der Waals surface area contributed by atoms with Crippen LogP contribution in [0.25, 0.3) is 0 Å². The van der Waals surface area contributed by atoms with Crippen molar-refractivity contribution in [3.05, 3.63) is 11.4 Å². The van der Waals surface area contributed by atoms with E-state index in [9.17, 15) is 4.79 Å². The molecule has 0 atom stereocenters. The van der Waals surface area contributed by atoms with Gasteiger partial charge >= 0.3 is 5.97 Å². The highest BCUT2D eigenvalue weighted by atomic mass is 16.5. The number of rotatable bonds is 6. The summed E-state index contributed by atoms with van der Waals surface area (Å²) < 4.78 is 6.39. The van der Waals surface area contributed by atoms with Gasteiger partial charge in [0, 0.05) is 20.1 Å². The van der Waals surface area contributed by atoms with E-state index >= 15 is 0 Å². The first-order chi connectivity index (χ1) is 7.20. The smallest absolute Gasteiger partial charge is 0.358 e. The topological polar surface area (TPSA) is 103 Å². The van der Waals surface area contributed by atoms with Crippen LogP contribution >= 0.6 is 0 Å². The van der Waals surface area contributed by atoms with Gasteiger partial charge in [-0.25, -0.2) is 9.48 Å². The number of carbonyl (C=O) groups is 1. The summed E-state index contributed by atoms with van der Waals surface area (Å²) in [5.41, 5.74) is 5.90. The Hall–Kier alpha value is -1.47. The molecule has 0 saturated heterocycles. The third-order valence-corrected chi connectivity index (χ3v) is 1.92. The molecule has 7 heteroatoms. The van der Waals surface area contributed by atoms with Crippen LogP contribution in [-0.4, -0.2) is 46.3 Å². The van der Waals surface area contributed by atoms with Crippen LogP contribution in [0.2, 0.25) is 0 Å². The zero-order valence-electron chi connectivity index (χ0n) is 8.51. The Kier molecular flexibility index (Phi) is 4.19. The average molecular weight is 214 g/mol. The number of aromatic carboxylic acids is 1. The molecule has 1 aromatic heterocycles. The van der Waals surface area contributed by atoms with Gasteiger partial charge in [0.25, 0.3) is 0 Å². The number of nitrogens with two attached hydrogens (primary N) is 1. The van der Waals surface area contributed by atoms with E-state index in [4.69, 9.17) is 15.6 Å². The van der Waals surface area contributed by atoms with E-state index in [-0.39, 0.29) is 5.69 Å². The van der Waals surface area contributed by atoms with Gasteiger partial charge in [0.2, 0.25) is 0 Å². The standard InChI is InChI=1S/C8H14N4O3/c1-15-5-2-6-7(8(13)14)10-11-12(6)4-3-9/h2-5,9H2,1H3,(H,13,14). The fraction of sp³-hybridized carbons (Fsp3) is 0.625. The SMILES string of the molecule is COCCc1c(C(=O)O)nnn1CCN. The Morgan fingerprint density at radius 3 is 2.93 bits per heavy atom. The van der Waals surface area contributed by atoms with Gasteiger partial charge in [-0.3, -0.25) is 0 Å². The molecule has 0 aliphatic rings. The number of aromatic nitrogens is 3. The molecule has 0 saturated carbocycles. The van der Waals surface area contributed by atoms with Crippen molar-refractivity contribution in [1.29, 1.82) is 0 Å². The largest absolute Gasteiger partial charge is 0.476 e. The van der Waals surface area contributed by atoms with Crippen molar-refractivity contribution in [2.45, 2.75) is 13.0 Å². The van der Waals surface area contributed by atoms with Crippen LogP contribution < -0.4 is 5.73 Å². The highest BCUT2D eigenvalue weighted by Crippen LogP contribution is 2.06. The molecule has 0 spiro atoms. The van der Waals surface area contributed by atoms with Crippen LogP contribution in [0.3, 0.4) is 0 Å². The molecule has 0 amide bonds. The minimum Gasteiger partial charge on any atom is -0.476 e. The van der Waals surface area contributed by atoms with Gasteiger partial charge in [-0.05, 0) is 0 Å². The first-order valence-electron chi connectivity index (χ1n) is 4.55. The van der Waals surface area contributed by atoms with Crippen molar-refractivity contribution < 1.29 is 14.6 Å². The van der Waals surface area contributed by atoms with Gasteiger partial charge < -0.3 is 15.6 Å². The van der Waals surface area contributed by atoms with Crippen LogP contribution in [0.4, 0.5) is 0 Å². The Labute approximate surface area is 86.8 Å². The highest BCUT2D eigenvalue weighted by molar-refractivity contribution is 5.86. The summed E-state index contributed by atoms with van der Waals surface area (Å²) in [6.45, 7) is 1.28. The summed E-state index contributed by atoms with van der Waals surface area (Å²) in [6.07, 6.45) is 0.463. The molecule has 1 heterocycles. The maximum atomic E-state index is 10.8. The summed E-state index contributed by atoms with van der Waals surface area (Å²) in [7, 11) is 1.55. The minimum atomic E-state index is -1.08. The van der Waals surface area contributed by atoms with Crippen LogP contribution in [0.1, 0.15) is 16.2 Å². The molecule has 84 valence electrons. The second kappa shape index (κ2) is 5.42. The average Bonchev–Trinajstić information content (AvgIpc) is 2.59. The van der Waals surface area contributed by atoms with Crippen molar-refractivity contribution in [3.63, 3.8) is 0 Å². The third-order valence-electron chi connectivity index (χ3n) is 1.92. The number of carboxylic acid groups (broad SMARTS) is 1. The quantitative estimate of drug-likeness (QED) is 0.637. The number of methoxy groups -OCH3 is 1. The van der Waals surface area contributed by atoms with Gasteiger partial charge in [0.15, 0.2) is 5.69 Å². The fourth-order valence-corrected chi connectivity index (χ4v) is 1.25. The summed E-state index contributed by atoms with van der Waals surface area (Å²) in [6, 6.07) is 0. The van der Waals surface area contributed by atoms with Gasteiger partial charge in [0.05, 0.1) is 18.8 Å². The Balaban J connectivity index is 2.91. The molecule has 3 N–H and O–H groups in total. The molecule has 15 heavy (non-hydrogen) atoms. The molecule has 0 aromatic carbocycles. The molecular formula is C8H14N4O3. The van der Waals surface area contributed by atoms with Crippen molar-refractivity contribution in [1.82, 2.24) is 15.0 Å². The summed E-state index contributed by atoms with van der Waals surface area (Å²) >= 11 is 0. The molecule has 0 aliphatic carbocycles.